The number of ketones is 1. The van der Waals surface area contributed by atoms with Gasteiger partial charge in [0.1, 0.15) is 11.5 Å². The van der Waals surface area contributed by atoms with Gasteiger partial charge in [-0.2, -0.15) is 0 Å². The molecule has 6 heteroatoms. The minimum atomic E-state index is -0.648. The zero-order valence-corrected chi connectivity index (χ0v) is 20.4. The van der Waals surface area contributed by atoms with E-state index in [0.29, 0.717) is 17.9 Å². The largest absolute Gasteiger partial charge is 0.507 e. The van der Waals surface area contributed by atoms with Crippen LogP contribution in [0, 0.1) is 13.8 Å². The van der Waals surface area contributed by atoms with Crippen molar-refractivity contribution in [3.63, 3.8) is 0 Å². The van der Waals surface area contributed by atoms with Gasteiger partial charge in [-0.1, -0.05) is 29.8 Å². The van der Waals surface area contributed by atoms with Crippen molar-refractivity contribution in [2.24, 2.45) is 0 Å². The van der Waals surface area contributed by atoms with Gasteiger partial charge in [-0.3, -0.25) is 9.59 Å². The van der Waals surface area contributed by atoms with Crippen LogP contribution in [-0.4, -0.2) is 59.9 Å². The van der Waals surface area contributed by atoms with Crippen molar-refractivity contribution in [1.29, 1.82) is 0 Å². The van der Waals surface area contributed by atoms with Gasteiger partial charge >= 0.3 is 0 Å². The first-order chi connectivity index (χ1) is 15.6. The molecule has 1 aliphatic rings. The number of carbonyl (C=O) groups is 2. The van der Waals surface area contributed by atoms with Crippen LogP contribution in [0.25, 0.3) is 5.76 Å². The number of carbonyl (C=O) groups excluding carboxylic acids is 2. The average Bonchev–Trinajstić information content (AvgIpc) is 2.98. The maximum Gasteiger partial charge on any atom is 0.295 e. The Kier molecular flexibility index (Phi) is 7.59. The summed E-state index contributed by atoms with van der Waals surface area (Å²) < 4.78 is 5.74. The van der Waals surface area contributed by atoms with Gasteiger partial charge in [0.25, 0.3) is 11.7 Å². The van der Waals surface area contributed by atoms with E-state index in [4.69, 9.17) is 4.74 Å². The highest BCUT2D eigenvalue weighted by molar-refractivity contribution is 6.46. The number of hydrogen-bond acceptors (Lipinski definition) is 5. The number of aliphatic hydroxyl groups is 1. The molecule has 0 saturated carbocycles. The number of Topliss-reactive ketones (excluding diaryl/α,β-unsaturated/α-hetero) is 1. The van der Waals surface area contributed by atoms with E-state index in [-0.39, 0.29) is 17.4 Å². The third kappa shape index (κ3) is 5.45. The molecule has 0 aliphatic carbocycles. The van der Waals surface area contributed by atoms with Gasteiger partial charge in [0.05, 0.1) is 17.7 Å². The van der Waals surface area contributed by atoms with Crippen LogP contribution in [0.3, 0.4) is 0 Å². The smallest absolute Gasteiger partial charge is 0.295 e. The van der Waals surface area contributed by atoms with E-state index in [1.165, 1.54) is 0 Å². The molecule has 176 valence electrons. The SMILES string of the molecule is Cc1ccc(C2/C(=C(/O)c3ccc(OC(C)C)cc3C)C(=O)C(=O)N2CCCN(C)C)cc1. The van der Waals surface area contributed by atoms with Gasteiger partial charge in [0.15, 0.2) is 0 Å². The van der Waals surface area contributed by atoms with Crippen molar-refractivity contribution in [1.82, 2.24) is 9.80 Å². The lowest BCUT2D eigenvalue weighted by atomic mass is 9.93. The highest BCUT2D eigenvalue weighted by Gasteiger charge is 2.45. The molecule has 1 aliphatic heterocycles. The molecule has 2 aromatic rings. The second kappa shape index (κ2) is 10.2. The predicted molar refractivity (Wildman–Crippen MR) is 130 cm³/mol. The lowest BCUT2D eigenvalue weighted by molar-refractivity contribution is -0.139. The Bertz CT molecular complexity index is 1050. The summed E-state index contributed by atoms with van der Waals surface area (Å²) in [5.74, 6) is -0.677. The van der Waals surface area contributed by atoms with Crippen molar-refractivity contribution in [3.05, 3.63) is 70.3 Å². The van der Waals surface area contributed by atoms with E-state index in [1.54, 1.807) is 17.0 Å². The normalized spacial score (nSPS) is 17.9. The van der Waals surface area contributed by atoms with Crippen LogP contribution >= 0.6 is 0 Å². The van der Waals surface area contributed by atoms with Crippen LogP contribution in [0.5, 0.6) is 5.75 Å². The van der Waals surface area contributed by atoms with E-state index < -0.39 is 17.7 Å². The Morgan fingerprint density at radius 2 is 1.76 bits per heavy atom. The summed E-state index contributed by atoms with van der Waals surface area (Å²) in [6.45, 7) is 8.96. The number of aliphatic hydroxyl groups excluding tert-OH is 1. The molecule has 33 heavy (non-hydrogen) atoms. The van der Waals surface area contributed by atoms with Crippen LogP contribution < -0.4 is 4.74 Å². The molecule has 1 amide bonds. The number of likely N-dealkylation sites (tertiary alicyclic amines) is 1. The van der Waals surface area contributed by atoms with Crippen molar-refractivity contribution >= 4 is 17.4 Å². The standard InChI is InChI=1S/C27H34N2O4/c1-17(2)33-21-12-13-22(19(4)16-21)25(30)23-24(20-10-8-18(3)9-11-20)29(27(32)26(23)31)15-7-14-28(5)6/h8-13,16-17,24,30H,7,14-15H2,1-6H3/b25-23-. The molecule has 0 bridgehead atoms. The summed E-state index contributed by atoms with van der Waals surface area (Å²) in [5.41, 5.74) is 3.32. The monoisotopic (exact) mass is 450 g/mol. The van der Waals surface area contributed by atoms with Gasteiger partial charge in [-0.05, 0) is 84.1 Å². The zero-order chi connectivity index (χ0) is 24.3. The second-order valence-electron chi connectivity index (χ2n) is 9.20. The van der Waals surface area contributed by atoms with E-state index in [0.717, 1.165) is 29.7 Å². The summed E-state index contributed by atoms with van der Waals surface area (Å²) in [6, 6.07) is 12.5. The van der Waals surface area contributed by atoms with Gasteiger partial charge in [-0.25, -0.2) is 0 Å². The fraction of sp³-hybridized carbons (Fsp3) is 0.407. The number of aryl methyl sites for hydroxylation is 2. The average molecular weight is 451 g/mol. The fourth-order valence-corrected chi connectivity index (χ4v) is 4.16. The van der Waals surface area contributed by atoms with Crippen LogP contribution in [0.2, 0.25) is 0 Å². The molecule has 1 atom stereocenters. The van der Waals surface area contributed by atoms with Crippen LogP contribution in [0.1, 0.15) is 48.6 Å². The minimum absolute atomic E-state index is 0.0258. The summed E-state index contributed by atoms with van der Waals surface area (Å²) in [5, 5.41) is 11.3. The molecule has 1 saturated heterocycles. The number of ether oxygens (including phenoxy) is 1. The maximum atomic E-state index is 13.2. The number of hydrogen-bond donors (Lipinski definition) is 1. The molecule has 0 spiro atoms. The molecule has 2 aromatic carbocycles. The Morgan fingerprint density at radius 3 is 2.33 bits per heavy atom. The minimum Gasteiger partial charge on any atom is -0.507 e. The molecule has 6 nitrogen and oxygen atoms in total. The van der Waals surface area contributed by atoms with E-state index >= 15 is 0 Å². The molecule has 1 unspecified atom stereocenters. The number of benzene rings is 2. The lowest BCUT2D eigenvalue weighted by Gasteiger charge is -2.26. The maximum absolute atomic E-state index is 13.2. The Morgan fingerprint density at radius 1 is 1.09 bits per heavy atom. The summed E-state index contributed by atoms with van der Waals surface area (Å²) in [4.78, 5) is 29.8. The summed E-state index contributed by atoms with van der Waals surface area (Å²) in [7, 11) is 3.95. The van der Waals surface area contributed by atoms with Gasteiger partial charge < -0.3 is 19.6 Å². The van der Waals surface area contributed by atoms with Crippen molar-refractivity contribution in [2.45, 2.75) is 46.3 Å². The zero-order valence-electron chi connectivity index (χ0n) is 20.4. The number of rotatable bonds is 8. The van der Waals surface area contributed by atoms with Crippen molar-refractivity contribution < 1.29 is 19.4 Å². The molecule has 3 rings (SSSR count). The Hall–Kier alpha value is -3.12. The fourth-order valence-electron chi connectivity index (χ4n) is 4.16. The summed E-state index contributed by atoms with van der Waals surface area (Å²) >= 11 is 0. The van der Waals surface area contributed by atoms with Gasteiger partial charge in [0.2, 0.25) is 0 Å². The molecular formula is C27H34N2O4. The molecule has 0 aromatic heterocycles. The van der Waals surface area contributed by atoms with Gasteiger partial charge in [-0.15, -0.1) is 0 Å². The molecular weight excluding hydrogens is 416 g/mol. The van der Waals surface area contributed by atoms with Crippen LogP contribution in [-0.2, 0) is 9.59 Å². The third-order valence-electron chi connectivity index (χ3n) is 5.76. The van der Waals surface area contributed by atoms with Gasteiger partial charge in [0, 0.05) is 12.1 Å². The number of amides is 1. The molecule has 0 radical (unpaired) electrons. The molecule has 1 heterocycles. The van der Waals surface area contributed by atoms with E-state index in [9.17, 15) is 14.7 Å². The number of nitrogens with zero attached hydrogens (tertiary/aromatic N) is 2. The van der Waals surface area contributed by atoms with E-state index in [2.05, 4.69) is 0 Å². The lowest BCUT2D eigenvalue weighted by Crippen LogP contribution is -2.32. The topological polar surface area (TPSA) is 70.1 Å². The predicted octanol–water partition coefficient (Wildman–Crippen LogP) is 4.46. The highest BCUT2D eigenvalue weighted by Crippen LogP contribution is 2.40. The first-order valence-electron chi connectivity index (χ1n) is 11.4. The first kappa shape index (κ1) is 24.5. The molecule has 1 N–H and O–H groups in total. The second-order valence-corrected chi connectivity index (χ2v) is 9.20. The van der Waals surface area contributed by atoms with Crippen molar-refractivity contribution in [3.8, 4) is 5.75 Å². The third-order valence-corrected chi connectivity index (χ3v) is 5.76. The Balaban J connectivity index is 2.08. The van der Waals surface area contributed by atoms with Crippen LogP contribution in [0.4, 0.5) is 0 Å². The van der Waals surface area contributed by atoms with Crippen molar-refractivity contribution in [2.75, 3.05) is 27.2 Å². The Labute approximate surface area is 196 Å². The first-order valence-corrected chi connectivity index (χ1v) is 11.4. The molecule has 1 fully saturated rings. The summed E-state index contributed by atoms with van der Waals surface area (Å²) in [6.07, 6.45) is 0.751. The van der Waals surface area contributed by atoms with Crippen LogP contribution in [0.15, 0.2) is 48.0 Å². The quantitative estimate of drug-likeness (QED) is 0.365. The van der Waals surface area contributed by atoms with E-state index in [1.807, 2.05) is 77.0 Å². The highest BCUT2D eigenvalue weighted by atomic mass is 16.5.